The molecule has 1 aromatic carbocycles. The molecule has 1 aromatic heterocycles. The second kappa shape index (κ2) is 4.04. The molecule has 5 heteroatoms. The summed E-state index contributed by atoms with van der Waals surface area (Å²) in [5.41, 5.74) is 1.79. The molecule has 0 unspecified atom stereocenters. The van der Waals surface area contributed by atoms with Crippen LogP contribution in [0.3, 0.4) is 0 Å². The van der Waals surface area contributed by atoms with E-state index in [1.165, 1.54) is 0 Å². The summed E-state index contributed by atoms with van der Waals surface area (Å²) in [4.78, 5) is 6.42. The lowest BCUT2D eigenvalue weighted by atomic mass is 10.2. The lowest BCUT2D eigenvalue weighted by Crippen LogP contribution is -2.17. The Morgan fingerprint density at radius 3 is 2.72 bits per heavy atom. The molecule has 2 heterocycles. The fourth-order valence-corrected chi connectivity index (χ4v) is 2.30. The van der Waals surface area contributed by atoms with Crippen molar-refractivity contribution in [3.63, 3.8) is 0 Å². The van der Waals surface area contributed by atoms with Crippen LogP contribution in [0, 0.1) is 6.92 Å². The van der Waals surface area contributed by atoms with Crippen LogP contribution < -0.4 is 9.64 Å². The van der Waals surface area contributed by atoms with Crippen molar-refractivity contribution in [1.29, 1.82) is 0 Å². The molecule has 0 fully saturated rings. The first-order chi connectivity index (χ1) is 8.58. The van der Waals surface area contributed by atoms with Gasteiger partial charge < -0.3 is 9.64 Å². The zero-order valence-electron chi connectivity index (χ0n) is 9.87. The van der Waals surface area contributed by atoms with Crippen LogP contribution >= 0.6 is 23.2 Å². The van der Waals surface area contributed by atoms with Gasteiger partial charge in [0.15, 0.2) is 17.3 Å². The zero-order valence-corrected chi connectivity index (χ0v) is 11.4. The molecule has 1 aliphatic rings. The summed E-state index contributed by atoms with van der Waals surface area (Å²) in [7, 11) is 1.93. The van der Waals surface area contributed by atoms with E-state index in [4.69, 9.17) is 27.9 Å². The fourth-order valence-electron chi connectivity index (χ4n) is 1.96. The average Bonchev–Trinajstić information content (AvgIpc) is 2.36. The first-order valence-electron chi connectivity index (χ1n) is 5.45. The van der Waals surface area contributed by atoms with Gasteiger partial charge in [-0.2, -0.15) is 0 Å². The predicted octanol–water partition coefficient (Wildman–Crippen LogP) is 4.57. The third-order valence-corrected chi connectivity index (χ3v) is 3.69. The zero-order chi connectivity index (χ0) is 12.9. The second-order valence-corrected chi connectivity index (χ2v) is 4.93. The number of hydrogen-bond acceptors (Lipinski definition) is 3. The number of benzene rings is 1. The van der Waals surface area contributed by atoms with Gasteiger partial charge in [-0.3, -0.25) is 0 Å². The molecule has 0 saturated heterocycles. The molecule has 92 valence electrons. The van der Waals surface area contributed by atoms with Crippen molar-refractivity contribution in [2.75, 3.05) is 11.9 Å². The van der Waals surface area contributed by atoms with Crippen LogP contribution in [-0.4, -0.2) is 12.0 Å². The minimum atomic E-state index is 0.423. The average molecular weight is 281 g/mol. The second-order valence-electron chi connectivity index (χ2n) is 4.15. The summed E-state index contributed by atoms with van der Waals surface area (Å²) in [6.07, 6.45) is 0. The number of anilines is 2. The maximum absolute atomic E-state index is 6.17. The monoisotopic (exact) mass is 280 g/mol. The topological polar surface area (TPSA) is 25.4 Å². The molecule has 0 amide bonds. The summed E-state index contributed by atoms with van der Waals surface area (Å²) >= 11 is 12.2. The van der Waals surface area contributed by atoms with Gasteiger partial charge in [0.05, 0.1) is 10.7 Å². The summed E-state index contributed by atoms with van der Waals surface area (Å²) in [5.74, 6) is 2.03. The van der Waals surface area contributed by atoms with Crippen molar-refractivity contribution in [3.05, 3.63) is 40.0 Å². The van der Waals surface area contributed by atoms with Crippen molar-refractivity contribution in [3.8, 4) is 11.5 Å². The molecular weight excluding hydrogens is 271 g/mol. The molecule has 0 N–H and O–H groups in total. The predicted molar refractivity (Wildman–Crippen MR) is 73.6 cm³/mol. The van der Waals surface area contributed by atoms with E-state index in [2.05, 4.69) is 4.98 Å². The molecule has 0 atom stereocenters. The number of fused-ring (bicyclic) bond motifs is 2. The van der Waals surface area contributed by atoms with Crippen molar-refractivity contribution in [2.45, 2.75) is 6.92 Å². The van der Waals surface area contributed by atoms with Gasteiger partial charge in [0, 0.05) is 12.7 Å². The highest BCUT2D eigenvalue weighted by Gasteiger charge is 2.26. The van der Waals surface area contributed by atoms with E-state index in [0.29, 0.717) is 21.5 Å². The normalized spacial score (nSPS) is 12.8. The summed E-state index contributed by atoms with van der Waals surface area (Å²) in [5, 5.41) is 0.902. The number of rotatable bonds is 0. The molecular formula is C13H10Cl2N2O. The largest absolute Gasteiger partial charge is 0.450 e. The smallest absolute Gasteiger partial charge is 0.176 e. The van der Waals surface area contributed by atoms with Crippen LogP contribution in [0.5, 0.6) is 11.5 Å². The van der Waals surface area contributed by atoms with Crippen LogP contribution in [0.4, 0.5) is 11.5 Å². The van der Waals surface area contributed by atoms with E-state index >= 15 is 0 Å². The highest BCUT2D eigenvalue weighted by Crippen LogP contribution is 2.49. The van der Waals surface area contributed by atoms with Crippen molar-refractivity contribution in [1.82, 2.24) is 4.98 Å². The first kappa shape index (κ1) is 11.6. The Bertz CT molecular complexity index is 643. The van der Waals surface area contributed by atoms with Crippen LogP contribution in [0.2, 0.25) is 10.0 Å². The Morgan fingerprint density at radius 1 is 1.17 bits per heavy atom. The number of hydrogen-bond donors (Lipinski definition) is 0. The number of aromatic nitrogens is 1. The highest BCUT2D eigenvalue weighted by molar-refractivity contribution is 6.43. The number of nitrogens with zero attached hydrogens (tertiary/aromatic N) is 2. The third-order valence-electron chi connectivity index (χ3n) is 2.90. The van der Waals surface area contributed by atoms with Gasteiger partial charge in [0.25, 0.3) is 0 Å². The van der Waals surface area contributed by atoms with Gasteiger partial charge >= 0.3 is 0 Å². The van der Waals surface area contributed by atoms with Crippen LogP contribution in [0.1, 0.15) is 5.69 Å². The minimum Gasteiger partial charge on any atom is -0.450 e. The quantitative estimate of drug-likeness (QED) is 0.707. The van der Waals surface area contributed by atoms with Crippen molar-refractivity contribution < 1.29 is 4.74 Å². The molecule has 1 aliphatic heterocycles. The molecule has 2 aromatic rings. The summed E-state index contributed by atoms with van der Waals surface area (Å²) in [6, 6.07) is 7.41. The number of aryl methyl sites for hydroxylation is 1. The molecule has 0 spiro atoms. The molecule has 18 heavy (non-hydrogen) atoms. The van der Waals surface area contributed by atoms with E-state index in [0.717, 1.165) is 17.2 Å². The Morgan fingerprint density at radius 2 is 1.94 bits per heavy atom. The first-order valence-corrected chi connectivity index (χ1v) is 6.21. The van der Waals surface area contributed by atoms with Gasteiger partial charge in [-0.1, -0.05) is 23.2 Å². The Kier molecular flexibility index (Phi) is 2.61. The maximum Gasteiger partial charge on any atom is 0.176 e. The molecule has 0 radical (unpaired) electrons. The lowest BCUT2D eigenvalue weighted by molar-refractivity contribution is 0.472. The summed E-state index contributed by atoms with van der Waals surface area (Å²) < 4.78 is 5.79. The van der Waals surface area contributed by atoms with E-state index in [1.807, 2.05) is 37.1 Å². The number of pyridine rings is 1. The fraction of sp³-hybridized carbons (Fsp3) is 0.154. The summed E-state index contributed by atoms with van der Waals surface area (Å²) in [6.45, 7) is 1.94. The SMILES string of the molecule is Cc1ccc2c(n1)N(C)c1ccc(Cl)c(Cl)c1O2. The van der Waals surface area contributed by atoms with Crippen molar-refractivity contribution >= 4 is 34.7 Å². The third kappa shape index (κ3) is 1.62. The number of halogens is 2. The molecule has 0 bridgehead atoms. The van der Waals surface area contributed by atoms with Gasteiger partial charge in [-0.15, -0.1) is 0 Å². The molecule has 3 nitrogen and oxygen atoms in total. The Labute approximate surface area is 115 Å². The minimum absolute atomic E-state index is 0.423. The van der Waals surface area contributed by atoms with E-state index in [1.54, 1.807) is 6.07 Å². The van der Waals surface area contributed by atoms with Crippen LogP contribution in [0.15, 0.2) is 24.3 Å². The van der Waals surface area contributed by atoms with Gasteiger partial charge in [-0.25, -0.2) is 4.98 Å². The molecule has 0 aliphatic carbocycles. The van der Waals surface area contributed by atoms with Crippen LogP contribution in [0.25, 0.3) is 0 Å². The van der Waals surface area contributed by atoms with E-state index in [9.17, 15) is 0 Å². The van der Waals surface area contributed by atoms with Gasteiger partial charge in [-0.05, 0) is 31.2 Å². The Hall–Kier alpha value is -1.45. The lowest BCUT2D eigenvalue weighted by Gasteiger charge is -2.29. The van der Waals surface area contributed by atoms with E-state index < -0.39 is 0 Å². The standard InChI is InChI=1S/C13H10Cl2N2O/c1-7-3-6-10-13(16-7)17(2)9-5-4-8(14)11(15)12(9)18-10/h3-6H,1-2H3. The van der Waals surface area contributed by atoms with E-state index in [-0.39, 0.29) is 0 Å². The Balaban J connectivity index is 2.21. The highest BCUT2D eigenvalue weighted by atomic mass is 35.5. The molecule has 0 saturated carbocycles. The van der Waals surface area contributed by atoms with Gasteiger partial charge in [0.1, 0.15) is 5.02 Å². The molecule has 3 rings (SSSR count). The number of ether oxygens (including phenoxy) is 1. The van der Waals surface area contributed by atoms with Crippen molar-refractivity contribution in [2.24, 2.45) is 0 Å². The van der Waals surface area contributed by atoms with Gasteiger partial charge in [0.2, 0.25) is 0 Å². The maximum atomic E-state index is 6.17. The van der Waals surface area contributed by atoms with Crippen LogP contribution in [-0.2, 0) is 0 Å².